The Kier molecular flexibility index (Phi) is 5.73. The van der Waals surface area contributed by atoms with Crippen molar-refractivity contribution in [3.63, 3.8) is 0 Å². The number of carbonyl (C=O) groups excluding carboxylic acids is 1. The van der Waals surface area contributed by atoms with Crippen molar-refractivity contribution in [3.05, 3.63) is 58.0 Å². The molecule has 1 N–H and O–H groups in total. The molecule has 0 saturated carbocycles. The molecule has 1 amide bonds. The lowest BCUT2D eigenvalue weighted by Crippen LogP contribution is -2.51. The SMILES string of the molecule is O=C(c1ccc(COc2ccc([N+](=O)[O-])cc2)o1)N1N=C(C(F)F)C[C@]1(O)C(F)F. The quantitative estimate of drug-likeness (QED) is 0.409. The van der Waals surface area contributed by atoms with Gasteiger partial charge in [-0.2, -0.15) is 10.1 Å². The van der Waals surface area contributed by atoms with Gasteiger partial charge in [-0.25, -0.2) is 17.6 Å². The average molecular weight is 431 g/mol. The van der Waals surface area contributed by atoms with Crippen LogP contribution in [0.25, 0.3) is 0 Å². The van der Waals surface area contributed by atoms with Crippen LogP contribution in [0.4, 0.5) is 23.2 Å². The molecule has 1 aromatic heterocycles. The molecule has 1 aliphatic rings. The van der Waals surface area contributed by atoms with E-state index in [1.807, 2.05) is 0 Å². The van der Waals surface area contributed by atoms with Crippen molar-refractivity contribution in [1.29, 1.82) is 0 Å². The fourth-order valence-corrected chi connectivity index (χ4v) is 2.60. The Morgan fingerprint density at radius 3 is 2.50 bits per heavy atom. The van der Waals surface area contributed by atoms with Crippen LogP contribution < -0.4 is 4.74 Å². The number of non-ortho nitro benzene ring substituents is 1. The number of hydrogen-bond donors (Lipinski definition) is 1. The van der Waals surface area contributed by atoms with Crippen LogP contribution >= 0.6 is 0 Å². The van der Waals surface area contributed by atoms with E-state index in [9.17, 15) is 37.6 Å². The molecule has 0 aliphatic carbocycles. The summed E-state index contributed by atoms with van der Waals surface area (Å²) >= 11 is 0. The summed E-state index contributed by atoms with van der Waals surface area (Å²) in [6.45, 7) is -0.226. The van der Waals surface area contributed by atoms with E-state index in [0.717, 1.165) is 6.07 Å². The number of nitro groups is 1. The van der Waals surface area contributed by atoms with E-state index in [-0.39, 0.29) is 28.8 Å². The van der Waals surface area contributed by atoms with Gasteiger partial charge in [0.2, 0.25) is 5.72 Å². The highest BCUT2D eigenvalue weighted by molar-refractivity contribution is 5.97. The third-order valence-electron chi connectivity index (χ3n) is 4.13. The maximum atomic E-state index is 13.2. The molecule has 160 valence electrons. The van der Waals surface area contributed by atoms with Crippen molar-refractivity contribution >= 4 is 17.3 Å². The van der Waals surface area contributed by atoms with Crippen LogP contribution in [-0.4, -0.2) is 45.2 Å². The zero-order valence-electron chi connectivity index (χ0n) is 14.9. The fraction of sp³-hybridized carbons (Fsp3) is 0.294. The molecular weight excluding hydrogens is 418 g/mol. The van der Waals surface area contributed by atoms with Crippen molar-refractivity contribution in [2.45, 2.75) is 31.6 Å². The lowest BCUT2D eigenvalue weighted by atomic mass is 10.1. The van der Waals surface area contributed by atoms with Crippen molar-refractivity contribution in [3.8, 4) is 5.75 Å². The standard InChI is InChI=1S/C17H13F4N3O6/c18-14(19)12-7-17(26,16(20)21)23(22-12)15(25)13-6-5-11(30-13)8-29-10-3-1-9(2-4-10)24(27)28/h1-6,14,16,26H,7-8H2/t17-/m0/s1. The van der Waals surface area contributed by atoms with Gasteiger partial charge in [-0.1, -0.05) is 0 Å². The smallest absolute Gasteiger partial charge is 0.312 e. The summed E-state index contributed by atoms with van der Waals surface area (Å²) in [5.41, 5.74) is -4.42. The van der Waals surface area contributed by atoms with Gasteiger partial charge in [-0.15, -0.1) is 0 Å². The van der Waals surface area contributed by atoms with Crippen LogP contribution in [0.15, 0.2) is 45.9 Å². The number of ether oxygens (including phenoxy) is 1. The number of hydrazone groups is 1. The van der Waals surface area contributed by atoms with Crippen LogP contribution in [0.1, 0.15) is 22.7 Å². The van der Waals surface area contributed by atoms with Gasteiger partial charge >= 0.3 is 5.91 Å². The second-order valence-corrected chi connectivity index (χ2v) is 6.17. The third-order valence-corrected chi connectivity index (χ3v) is 4.13. The minimum atomic E-state index is -3.55. The van der Waals surface area contributed by atoms with Gasteiger partial charge < -0.3 is 14.3 Å². The van der Waals surface area contributed by atoms with Gasteiger partial charge in [-0.05, 0) is 24.3 Å². The fourth-order valence-electron chi connectivity index (χ4n) is 2.60. The first kappa shape index (κ1) is 21.2. The molecule has 1 aromatic carbocycles. The number of hydrogen-bond acceptors (Lipinski definition) is 7. The lowest BCUT2D eigenvalue weighted by Gasteiger charge is -2.29. The molecule has 30 heavy (non-hydrogen) atoms. The van der Waals surface area contributed by atoms with Crippen LogP contribution in [0.2, 0.25) is 0 Å². The summed E-state index contributed by atoms with van der Waals surface area (Å²) in [7, 11) is 0. The summed E-state index contributed by atoms with van der Waals surface area (Å²) in [6.07, 6.45) is -7.98. The minimum Gasteiger partial charge on any atom is -0.486 e. The number of amides is 1. The topological polar surface area (TPSA) is 118 Å². The molecule has 9 nitrogen and oxygen atoms in total. The Bertz CT molecular complexity index is 978. The number of carbonyl (C=O) groups is 1. The van der Waals surface area contributed by atoms with Crippen LogP contribution in [-0.2, 0) is 6.61 Å². The number of nitrogens with zero attached hydrogens (tertiary/aromatic N) is 3. The van der Waals surface area contributed by atoms with Crippen LogP contribution in [0, 0.1) is 10.1 Å². The molecule has 1 aliphatic heterocycles. The molecule has 3 rings (SSSR count). The van der Waals surface area contributed by atoms with E-state index >= 15 is 0 Å². The zero-order valence-corrected chi connectivity index (χ0v) is 14.9. The van der Waals surface area contributed by atoms with E-state index in [2.05, 4.69) is 5.10 Å². The van der Waals surface area contributed by atoms with Gasteiger partial charge in [0.1, 0.15) is 23.8 Å². The number of aliphatic hydroxyl groups is 1. The van der Waals surface area contributed by atoms with Crippen LogP contribution in [0.5, 0.6) is 5.75 Å². The summed E-state index contributed by atoms with van der Waals surface area (Å²) in [6, 6.07) is 7.45. The molecule has 0 saturated heterocycles. The highest BCUT2D eigenvalue weighted by Gasteiger charge is 2.54. The Morgan fingerprint density at radius 2 is 1.93 bits per heavy atom. The van der Waals surface area contributed by atoms with E-state index in [1.54, 1.807) is 0 Å². The maximum absolute atomic E-state index is 13.2. The maximum Gasteiger partial charge on any atom is 0.312 e. The number of benzene rings is 1. The molecule has 0 fully saturated rings. The molecule has 0 radical (unpaired) electrons. The average Bonchev–Trinajstić information content (AvgIpc) is 3.31. The van der Waals surface area contributed by atoms with Crippen molar-refractivity contribution < 1.29 is 41.5 Å². The van der Waals surface area contributed by atoms with Crippen LogP contribution in [0.3, 0.4) is 0 Å². The van der Waals surface area contributed by atoms with E-state index in [0.29, 0.717) is 0 Å². The number of furan rings is 1. The Morgan fingerprint density at radius 1 is 1.27 bits per heavy atom. The van der Waals surface area contributed by atoms with E-state index < -0.39 is 47.3 Å². The normalized spacial score (nSPS) is 18.8. The monoisotopic (exact) mass is 431 g/mol. The van der Waals surface area contributed by atoms with Gasteiger partial charge in [0.05, 0.1) is 4.92 Å². The summed E-state index contributed by atoms with van der Waals surface area (Å²) < 4.78 is 62.6. The minimum absolute atomic E-state index is 0.0644. The Balaban J connectivity index is 1.71. The predicted octanol–water partition coefficient (Wildman–Crippen LogP) is 3.19. The van der Waals surface area contributed by atoms with Crippen molar-refractivity contribution in [2.75, 3.05) is 0 Å². The summed E-state index contributed by atoms with van der Waals surface area (Å²) in [5, 5.41) is 23.6. The van der Waals surface area contributed by atoms with Gasteiger partial charge in [-0.3, -0.25) is 14.9 Å². The molecule has 2 heterocycles. The Labute approximate surface area is 165 Å². The molecule has 0 bridgehead atoms. The first-order valence-corrected chi connectivity index (χ1v) is 8.28. The number of nitro benzene ring substituents is 1. The van der Waals surface area contributed by atoms with Gasteiger partial charge in [0.15, 0.2) is 5.76 Å². The molecule has 0 unspecified atom stereocenters. The lowest BCUT2D eigenvalue weighted by molar-refractivity contribution is -0.384. The predicted molar refractivity (Wildman–Crippen MR) is 91.3 cm³/mol. The first-order chi connectivity index (χ1) is 14.1. The third kappa shape index (κ3) is 4.10. The van der Waals surface area contributed by atoms with Gasteiger partial charge in [0, 0.05) is 18.6 Å². The van der Waals surface area contributed by atoms with E-state index in [1.165, 1.54) is 30.3 Å². The molecule has 13 heteroatoms. The second-order valence-electron chi connectivity index (χ2n) is 6.17. The largest absolute Gasteiger partial charge is 0.486 e. The molecule has 2 aromatic rings. The highest BCUT2D eigenvalue weighted by atomic mass is 19.3. The second kappa shape index (κ2) is 8.10. The molecule has 0 spiro atoms. The zero-order chi connectivity index (χ0) is 22.1. The number of halogens is 4. The first-order valence-electron chi connectivity index (χ1n) is 8.28. The van der Waals surface area contributed by atoms with Crippen molar-refractivity contribution in [1.82, 2.24) is 5.01 Å². The van der Waals surface area contributed by atoms with E-state index in [4.69, 9.17) is 9.15 Å². The molecule has 1 atom stereocenters. The van der Waals surface area contributed by atoms with Gasteiger partial charge in [0.25, 0.3) is 18.5 Å². The summed E-state index contributed by atoms with van der Waals surface area (Å²) in [5.74, 6) is -1.55. The number of rotatable bonds is 7. The summed E-state index contributed by atoms with van der Waals surface area (Å²) in [4.78, 5) is 22.4. The highest BCUT2D eigenvalue weighted by Crippen LogP contribution is 2.34. The number of alkyl halides is 4. The Hall–Kier alpha value is -3.48. The molecular formula is C17H13F4N3O6. The van der Waals surface area contributed by atoms with Crippen molar-refractivity contribution in [2.24, 2.45) is 5.10 Å².